The number of rotatable bonds is 3. The number of Topliss-reactive ketones (excluding diaryl/α,β-unsaturated/α-hetero) is 1. The lowest BCUT2D eigenvalue weighted by Gasteiger charge is -1.98. The second kappa shape index (κ2) is 4.57. The molecule has 0 saturated carbocycles. The standard InChI is InChI=1S/C11H10BrN3O/c1-15-5-4-9(14-15)6-11(16)10-3-2-8(12)7-13-10/h2-5,7H,6H2,1H3. The fourth-order valence-electron chi connectivity index (χ4n) is 1.35. The van der Waals surface area contributed by atoms with Gasteiger partial charge in [0.25, 0.3) is 0 Å². The van der Waals surface area contributed by atoms with Crippen LogP contribution in [0.2, 0.25) is 0 Å². The van der Waals surface area contributed by atoms with Crippen molar-refractivity contribution in [2.75, 3.05) is 0 Å². The summed E-state index contributed by atoms with van der Waals surface area (Å²) in [7, 11) is 1.83. The van der Waals surface area contributed by atoms with E-state index in [4.69, 9.17) is 0 Å². The number of carbonyl (C=O) groups is 1. The predicted molar refractivity (Wildman–Crippen MR) is 63.2 cm³/mol. The largest absolute Gasteiger partial charge is 0.292 e. The first kappa shape index (κ1) is 11.0. The van der Waals surface area contributed by atoms with Gasteiger partial charge >= 0.3 is 0 Å². The van der Waals surface area contributed by atoms with Crippen LogP contribution in [0.1, 0.15) is 16.2 Å². The van der Waals surface area contributed by atoms with E-state index >= 15 is 0 Å². The van der Waals surface area contributed by atoms with Crippen molar-refractivity contribution in [1.82, 2.24) is 14.8 Å². The van der Waals surface area contributed by atoms with Crippen molar-refractivity contribution in [3.8, 4) is 0 Å². The molecule has 0 aliphatic heterocycles. The summed E-state index contributed by atoms with van der Waals surface area (Å²) in [5, 5.41) is 4.15. The third-order valence-electron chi connectivity index (χ3n) is 2.12. The van der Waals surface area contributed by atoms with Crippen molar-refractivity contribution < 1.29 is 4.79 Å². The highest BCUT2D eigenvalue weighted by Crippen LogP contribution is 2.09. The van der Waals surface area contributed by atoms with Gasteiger partial charge in [0.1, 0.15) is 5.69 Å². The summed E-state index contributed by atoms with van der Waals surface area (Å²) in [6.07, 6.45) is 3.72. The van der Waals surface area contributed by atoms with Gasteiger partial charge in [-0.25, -0.2) is 0 Å². The fraction of sp³-hybridized carbons (Fsp3) is 0.182. The van der Waals surface area contributed by atoms with Gasteiger partial charge in [0.05, 0.1) is 12.1 Å². The van der Waals surface area contributed by atoms with Gasteiger partial charge in [0, 0.05) is 23.9 Å². The third-order valence-corrected chi connectivity index (χ3v) is 2.59. The number of halogens is 1. The zero-order chi connectivity index (χ0) is 11.5. The number of hydrogen-bond acceptors (Lipinski definition) is 3. The summed E-state index contributed by atoms with van der Waals surface area (Å²) in [5.41, 5.74) is 1.23. The Morgan fingerprint density at radius 1 is 1.44 bits per heavy atom. The van der Waals surface area contributed by atoms with Crippen LogP contribution in [0.4, 0.5) is 0 Å². The van der Waals surface area contributed by atoms with Crippen molar-refractivity contribution in [1.29, 1.82) is 0 Å². The minimum atomic E-state index is -0.0220. The number of hydrogen-bond donors (Lipinski definition) is 0. The maximum atomic E-state index is 11.8. The van der Waals surface area contributed by atoms with Crippen molar-refractivity contribution in [3.05, 3.63) is 46.5 Å². The van der Waals surface area contributed by atoms with Crippen molar-refractivity contribution in [2.45, 2.75) is 6.42 Å². The van der Waals surface area contributed by atoms with Gasteiger partial charge in [0.15, 0.2) is 5.78 Å². The molecule has 0 amide bonds. The lowest BCUT2D eigenvalue weighted by molar-refractivity contribution is 0.0987. The number of aromatic nitrogens is 3. The smallest absolute Gasteiger partial charge is 0.187 e. The predicted octanol–water partition coefficient (Wildman–Crippen LogP) is 2.00. The van der Waals surface area contributed by atoms with Gasteiger partial charge in [-0.2, -0.15) is 5.10 Å². The molecular formula is C11H10BrN3O. The average Bonchev–Trinajstić information content (AvgIpc) is 2.65. The summed E-state index contributed by atoms with van der Waals surface area (Å²) >= 11 is 3.28. The Balaban J connectivity index is 2.11. The highest BCUT2D eigenvalue weighted by Gasteiger charge is 2.09. The lowest BCUT2D eigenvalue weighted by Crippen LogP contribution is -2.06. The van der Waals surface area contributed by atoms with Crippen LogP contribution in [0.25, 0.3) is 0 Å². The molecule has 4 nitrogen and oxygen atoms in total. The van der Waals surface area contributed by atoms with Crippen LogP contribution in [-0.4, -0.2) is 20.5 Å². The summed E-state index contributed by atoms with van der Waals surface area (Å²) in [4.78, 5) is 15.9. The quantitative estimate of drug-likeness (QED) is 0.808. The average molecular weight is 280 g/mol. The zero-order valence-corrected chi connectivity index (χ0v) is 10.3. The van der Waals surface area contributed by atoms with Gasteiger partial charge < -0.3 is 0 Å². The van der Waals surface area contributed by atoms with Crippen molar-refractivity contribution in [2.24, 2.45) is 7.05 Å². The van der Waals surface area contributed by atoms with Gasteiger partial charge in [0.2, 0.25) is 0 Å². The molecule has 0 saturated heterocycles. The Morgan fingerprint density at radius 2 is 2.25 bits per heavy atom. The number of ketones is 1. The maximum absolute atomic E-state index is 11.8. The molecule has 0 radical (unpaired) electrons. The molecule has 0 unspecified atom stereocenters. The molecule has 0 aliphatic carbocycles. The molecule has 5 heteroatoms. The first-order chi connectivity index (χ1) is 7.65. The zero-order valence-electron chi connectivity index (χ0n) is 8.72. The molecule has 2 aromatic heterocycles. The molecule has 2 heterocycles. The number of nitrogens with zero attached hydrogens (tertiary/aromatic N) is 3. The lowest BCUT2D eigenvalue weighted by atomic mass is 10.1. The summed E-state index contributed by atoms with van der Waals surface area (Å²) in [6.45, 7) is 0. The van der Waals surface area contributed by atoms with E-state index in [0.717, 1.165) is 10.2 Å². The van der Waals surface area contributed by atoms with Crippen LogP contribution in [0.3, 0.4) is 0 Å². The monoisotopic (exact) mass is 279 g/mol. The third kappa shape index (κ3) is 2.55. The van der Waals surface area contributed by atoms with Crippen LogP contribution in [0, 0.1) is 0 Å². The first-order valence-corrected chi connectivity index (χ1v) is 5.58. The molecule has 2 rings (SSSR count). The molecule has 0 bridgehead atoms. The Hall–Kier alpha value is -1.49. The second-order valence-corrected chi connectivity index (χ2v) is 4.36. The SMILES string of the molecule is Cn1ccc(CC(=O)c2ccc(Br)cn2)n1. The number of pyridine rings is 1. The Morgan fingerprint density at radius 3 is 2.81 bits per heavy atom. The second-order valence-electron chi connectivity index (χ2n) is 3.44. The van der Waals surface area contributed by atoms with Gasteiger partial charge in [-0.15, -0.1) is 0 Å². The first-order valence-electron chi connectivity index (χ1n) is 4.78. The Kier molecular flexibility index (Phi) is 3.14. The molecule has 0 N–H and O–H groups in total. The normalized spacial score (nSPS) is 10.4. The topological polar surface area (TPSA) is 47.8 Å². The summed E-state index contributed by atoms with van der Waals surface area (Å²) in [6, 6.07) is 5.34. The van der Waals surface area contributed by atoms with Crippen LogP contribution in [0.15, 0.2) is 35.1 Å². The number of aryl methyl sites for hydroxylation is 1. The molecular weight excluding hydrogens is 270 g/mol. The molecule has 82 valence electrons. The highest BCUT2D eigenvalue weighted by atomic mass is 79.9. The highest BCUT2D eigenvalue weighted by molar-refractivity contribution is 9.10. The van der Waals surface area contributed by atoms with E-state index in [1.54, 1.807) is 23.0 Å². The van der Waals surface area contributed by atoms with E-state index in [1.807, 2.05) is 19.3 Å². The molecule has 0 atom stereocenters. The van der Waals surface area contributed by atoms with Gasteiger partial charge in [-0.3, -0.25) is 14.5 Å². The molecule has 16 heavy (non-hydrogen) atoms. The van der Waals surface area contributed by atoms with Crippen molar-refractivity contribution in [3.63, 3.8) is 0 Å². The molecule has 0 aliphatic rings. The Bertz CT molecular complexity index is 504. The van der Waals surface area contributed by atoms with Gasteiger partial charge in [-0.05, 0) is 34.1 Å². The minimum absolute atomic E-state index is 0.0220. The summed E-state index contributed by atoms with van der Waals surface area (Å²) in [5.74, 6) is -0.0220. The van der Waals surface area contributed by atoms with Crippen LogP contribution in [0.5, 0.6) is 0 Å². The van der Waals surface area contributed by atoms with Crippen LogP contribution < -0.4 is 0 Å². The van der Waals surface area contributed by atoms with E-state index in [2.05, 4.69) is 26.0 Å². The van der Waals surface area contributed by atoms with E-state index < -0.39 is 0 Å². The Labute approximate surface area is 101 Å². The van der Waals surface area contributed by atoms with E-state index in [-0.39, 0.29) is 12.2 Å². The molecule has 0 aromatic carbocycles. The fourth-order valence-corrected chi connectivity index (χ4v) is 1.59. The van der Waals surface area contributed by atoms with E-state index in [0.29, 0.717) is 5.69 Å². The van der Waals surface area contributed by atoms with E-state index in [1.165, 1.54) is 0 Å². The minimum Gasteiger partial charge on any atom is -0.292 e. The van der Waals surface area contributed by atoms with Crippen LogP contribution in [-0.2, 0) is 13.5 Å². The molecule has 0 spiro atoms. The summed E-state index contributed by atoms with van der Waals surface area (Å²) < 4.78 is 2.54. The maximum Gasteiger partial charge on any atom is 0.187 e. The van der Waals surface area contributed by atoms with Crippen LogP contribution >= 0.6 is 15.9 Å². The molecule has 2 aromatic rings. The number of carbonyl (C=O) groups excluding carboxylic acids is 1. The van der Waals surface area contributed by atoms with E-state index in [9.17, 15) is 4.79 Å². The van der Waals surface area contributed by atoms with Gasteiger partial charge in [-0.1, -0.05) is 0 Å². The molecule has 0 fully saturated rings. The van der Waals surface area contributed by atoms with Crippen molar-refractivity contribution >= 4 is 21.7 Å².